The van der Waals surface area contributed by atoms with Crippen LogP contribution in [0.25, 0.3) is 0 Å². The predicted octanol–water partition coefficient (Wildman–Crippen LogP) is 1.67. The van der Waals surface area contributed by atoms with Gasteiger partial charge >= 0.3 is 0 Å². The number of carbonyl (C=O) groups is 2. The highest BCUT2D eigenvalue weighted by Crippen LogP contribution is 2.08. The second-order valence-corrected chi connectivity index (χ2v) is 3.18. The molecule has 0 aliphatic rings. The van der Waals surface area contributed by atoms with E-state index in [0.717, 1.165) is 12.1 Å². The zero-order chi connectivity index (χ0) is 12.1. The molecule has 0 saturated heterocycles. The number of hydrogen-bond acceptors (Lipinski definition) is 2. The van der Waals surface area contributed by atoms with Crippen molar-refractivity contribution >= 4 is 11.7 Å². The quantitative estimate of drug-likeness (QED) is 0.795. The average molecular weight is 227 g/mol. The molecule has 0 heterocycles. The Morgan fingerprint density at radius 2 is 1.94 bits per heavy atom. The molecule has 0 aromatic heterocycles. The topological polar surface area (TPSA) is 46.2 Å². The first kappa shape index (κ1) is 12.3. The lowest BCUT2D eigenvalue weighted by Crippen LogP contribution is -2.28. The minimum absolute atomic E-state index is 0.0373. The first-order valence-electron chi connectivity index (χ1n) is 4.79. The van der Waals surface area contributed by atoms with Crippen LogP contribution in [0.4, 0.5) is 8.78 Å². The Kier molecular flexibility index (Phi) is 4.10. The summed E-state index contributed by atoms with van der Waals surface area (Å²) in [5, 5.41) is 2.36. The molecule has 1 aromatic rings. The van der Waals surface area contributed by atoms with E-state index in [2.05, 4.69) is 5.32 Å². The van der Waals surface area contributed by atoms with E-state index in [1.165, 1.54) is 6.07 Å². The summed E-state index contributed by atoms with van der Waals surface area (Å²) in [6.07, 6.45) is 0.269. The Labute approximate surface area is 91.5 Å². The number of nitrogens with one attached hydrogen (secondary N) is 1. The van der Waals surface area contributed by atoms with Crippen molar-refractivity contribution in [3.63, 3.8) is 0 Å². The first-order valence-corrected chi connectivity index (χ1v) is 4.79. The SMILES string of the molecule is CCC(=O)NCC(=O)c1ccc(F)c(F)c1. The summed E-state index contributed by atoms with van der Waals surface area (Å²) in [6.45, 7) is 1.44. The maximum Gasteiger partial charge on any atom is 0.220 e. The number of amides is 1. The smallest absolute Gasteiger partial charge is 0.220 e. The second-order valence-electron chi connectivity index (χ2n) is 3.18. The Bertz CT molecular complexity index is 418. The molecule has 5 heteroatoms. The Balaban J connectivity index is 2.66. The molecule has 0 unspecified atom stereocenters. The largest absolute Gasteiger partial charge is 0.349 e. The van der Waals surface area contributed by atoms with Gasteiger partial charge in [-0.2, -0.15) is 0 Å². The van der Waals surface area contributed by atoms with Crippen LogP contribution in [0.5, 0.6) is 0 Å². The highest BCUT2D eigenvalue weighted by molar-refractivity contribution is 5.99. The number of benzene rings is 1. The molecule has 3 nitrogen and oxygen atoms in total. The van der Waals surface area contributed by atoms with E-state index in [-0.39, 0.29) is 24.4 Å². The van der Waals surface area contributed by atoms with Gasteiger partial charge in [-0.3, -0.25) is 9.59 Å². The molecule has 0 radical (unpaired) electrons. The first-order chi connectivity index (χ1) is 7.54. The van der Waals surface area contributed by atoms with Gasteiger partial charge in [0.25, 0.3) is 0 Å². The number of hydrogen-bond donors (Lipinski definition) is 1. The fraction of sp³-hybridized carbons (Fsp3) is 0.273. The predicted molar refractivity (Wildman–Crippen MR) is 54.0 cm³/mol. The minimum Gasteiger partial charge on any atom is -0.349 e. The van der Waals surface area contributed by atoms with E-state index in [9.17, 15) is 18.4 Å². The van der Waals surface area contributed by atoms with Crippen LogP contribution < -0.4 is 5.32 Å². The molecule has 16 heavy (non-hydrogen) atoms. The van der Waals surface area contributed by atoms with E-state index >= 15 is 0 Å². The lowest BCUT2D eigenvalue weighted by atomic mass is 10.1. The lowest BCUT2D eigenvalue weighted by molar-refractivity contribution is -0.120. The van der Waals surface area contributed by atoms with E-state index in [0.29, 0.717) is 0 Å². The molecule has 0 bridgehead atoms. The molecule has 86 valence electrons. The monoisotopic (exact) mass is 227 g/mol. The third-order valence-corrected chi connectivity index (χ3v) is 2.01. The molecule has 0 spiro atoms. The lowest BCUT2D eigenvalue weighted by Gasteiger charge is -2.03. The summed E-state index contributed by atoms with van der Waals surface area (Å²) in [6, 6.07) is 2.87. The normalized spacial score (nSPS) is 9.94. The van der Waals surface area contributed by atoms with Gasteiger partial charge in [-0.25, -0.2) is 8.78 Å². The van der Waals surface area contributed by atoms with Crippen molar-refractivity contribution in [1.29, 1.82) is 0 Å². The number of carbonyl (C=O) groups excluding carboxylic acids is 2. The van der Waals surface area contributed by atoms with Gasteiger partial charge in [-0.15, -0.1) is 0 Å². The van der Waals surface area contributed by atoms with Gasteiger partial charge in [0.15, 0.2) is 17.4 Å². The van der Waals surface area contributed by atoms with Gasteiger partial charge in [0.05, 0.1) is 6.54 Å². The van der Waals surface area contributed by atoms with Crippen LogP contribution in [0, 0.1) is 11.6 Å². The van der Waals surface area contributed by atoms with Gasteiger partial charge in [-0.1, -0.05) is 6.92 Å². The van der Waals surface area contributed by atoms with Crippen LogP contribution >= 0.6 is 0 Å². The van der Waals surface area contributed by atoms with Gasteiger partial charge in [0.1, 0.15) is 0 Å². The average Bonchev–Trinajstić information content (AvgIpc) is 2.29. The second kappa shape index (κ2) is 5.34. The van der Waals surface area contributed by atoms with Crippen LogP contribution in [-0.2, 0) is 4.79 Å². The molecule has 0 saturated carbocycles. The van der Waals surface area contributed by atoms with Gasteiger partial charge in [0.2, 0.25) is 5.91 Å². The van der Waals surface area contributed by atoms with E-state index in [1.54, 1.807) is 6.92 Å². The van der Waals surface area contributed by atoms with Crippen LogP contribution in [0.2, 0.25) is 0 Å². The van der Waals surface area contributed by atoms with Crippen molar-refractivity contribution in [2.24, 2.45) is 0 Å². The van der Waals surface area contributed by atoms with E-state index in [1.807, 2.05) is 0 Å². The van der Waals surface area contributed by atoms with Crippen molar-refractivity contribution in [3.8, 4) is 0 Å². The van der Waals surface area contributed by atoms with Crippen LogP contribution in [-0.4, -0.2) is 18.2 Å². The van der Waals surface area contributed by atoms with E-state index in [4.69, 9.17) is 0 Å². The number of rotatable bonds is 4. The minimum atomic E-state index is -1.08. The summed E-state index contributed by atoms with van der Waals surface area (Å²) in [7, 11) is 0. The molecule has 0 aliphatic heterocycles. The number of ketones is 1. The molecular formula is C11H11F2NO2. The van der Waals surface area contributed by atoms with Crippen LogP contribution in [0.15, 0.2) is 18.2 Å². The molecule has 0 atom stereocenters. The highest BCUT2D eigenvalue weighted by atomic mass is 19.2. The maximum atomic E-state index is 12.8. The third-order valence-electron chi connectivity index (χ3n) is 2.01. The molecule has 1 N–H and O–H groups in total. The van der Waals surface area contributed by atoms with Gasteiger partial charge in [-0.05, 0) is 18.2 Å². The van der Waals surface area contributed by atoms with Crippen LogP contribution in [0.1, 0.15) is 23.7 Å². The summed E-state index contributed by atoms with van der Waals surface area (Å²) in [5.41, 5.74) is 0.0373. The summed E-state index contributed by atoms with van der Waals surface area (Å²) in [4.78, 5) is 22.3. The Hall–Kier alpha value is -1.78. The summed E-state index contributed by atoms with van der Waals surface area (Å²) < 4.78 is 25.4. The Morgan fingerprint density at radius 1 is 1.25 bits per heavy atom. The van der Waals surface area contributed by atoms with E-state index < -0.39 is 17.4 Å². The van der Waals surface area contributed by atoms with Crippen molar-refractivity contribution in [3.05, 3.63) is 35.4 Å². The third kappa shape index (κ3) is 3.12. The molecule has 1 amide bonds. The molecule has 0 fully saturated rings. The molecular weight excluding hydrogens is 216 g/mol. The number of halogens is 2. The zero-order valence-electron chi connectivity index (χ0n) is 8.72. The standard InChI is InChI=1S/C11H11F2NO2/c1-2-11(16)14-6-10(15)7-3-4-8(12)9(13)5-7/h3-5H,2,6H2,1H3,(H,14,16). The maximum absolute atomic E-state index is 12.8. The highest BCUT2D eigenvalue weighted by Gasteiger charge is 2.10. The van der Waals surface area contributed by atoms with Gasteiger partial charge in [0, 0.05) is 12.0 Å². The van der Waals surface area contributed by atoms with Gasteiger partial charge < -0.3 is 5.32 Å². The summed E-state index contributed by atoms with van der Waals surface area (Å²) >= 11 is 0. The fourth-order valence-electron chi connectivity index (χ4n) is 1.08. The fourth-order valence-corrected chi connectivity index (χ4v) is 1.08. The van der Waals surface area contributed by atoms with Crippen molar-refractivity contribution in [2.75, 3.05) is 6.54 Å². The number of Topliss-reactive ketones (excluding diaryl/α,β-unsaturated/α-hetero) is 1. The molecule has 1 rings (SSSR count). The van der Waals surface area contributed by atoms with Crippen molar-refractivity contribution in [2.45, 2.75) is 13.3 Å². The van der Waals surface area contributed by atoms with Crippen LogP contribution in [0.3, 0.4) is 0 Å². The Morgan fingerprint density at radius 3 is 2.50 bits per heavy atom. The van der Waals surface area contributed by atoms with Crippen molar-refractivity contribution < 1.29 is 18.4 Å². The zero-order valence-corrected chi connectivity index (χ0v) is 8.72. The summed E-state index contributed by atoms with van der Waals surface area (Å²) in [5.74, 6) is -2.81. The molecule has 1 aromatic carbocycles. The van der Waals surface area contributed by atoms with Crippen molar-refractivity contribution in [1.82, 2.24) is 5.32 Å². The molecule has 0 aliphatic carbocycles.